The number of nitrogens with one attached hydrogen (secondary N) is 1. The molecule has 1 aromatic rings. The van der Waals surface area contributed by atoms with Crippen molar-refractivity contribution in [3.8, 4) is 0 Å². The molecule has 0 aromatic carbocycles. The molecule has 4 nitrogen and oxygen atoms in total. The zero-order valence-electron chi connectivity index (χ0n) is 9.85. The number of carbonyl (C=O) groups excluding carboxylic acids is 1. The molecule has 0 spiro atoms. The summed E-state index contributed by atoms with van der Waals surface area (Å²) in [6.45, 7) is 2.17. The molecule has 3 N–H and O–H groups in total. The number of anilines is 1. The van der Waals surface area contributed by atoms with E-state index < -0.39 is 0 Å². The molecular weight excluding hydrogens is 238 g/mol. The third kappa shape index (κ3) is 3.09. The van der Waals surface area contributed by atoms with Crippen LogP contribution >= 0.6 is 12.4 Å². The van der Waals surface area contributed by atoms with E-state index in [4.69, 9.17) is 5.73 Å². The van der Waals surface area contributed by atoms with E-state index in [1.807, 2.05) is 0 Å². The molecule has 0 aliphatic heterocycles. The topological polar surface area (TPSA) is 68.0 Å². The highest BCUT2D eigenvalue weighted by Crippen LogP contribution is 2.25. The molecule has 0 bridgehead atoms. The first kappa shape index (κ1) is 13.8. The number of aromatic nitrogens is 1. The van der Waals surface area contributed by atoms with Crippen molar-refractivity contribution < 1.29 is 4.79 Å². The van der Waals surface area contributed by atoms with Gasteiger partial charge in [-0.25, -0.2) is 0 Å². The molecular formula is C12H18ClN3O. The second-order valence-corrected chi connectivity index (χ2v) is 4.45. The lowest BCUT2D eigenvalue weighted by atomic mass is 10.1. The Morgan fingerprint density at radius 3 is 2.88 bits per heavy atom. The van der Waals surface area contributed by atoms with Gasteiger partial charge in [0.15, 0.2) is 0 Å². The van der Waals surface area contributed by atoms with E-state index in [9.17, 15) is 4.79 Å². The average Bonchev–Trinajstić information content (AvgIpc) is 2.65. The maximum absolute atomic E-state index is 11.9. The van der Waals surface area contributed by atoms with Gasteiger partial charge in [0, 0.05) is 24.1 Å². The van der Waals surface area contributed by atoms with Gasteiger partial charge in [-0.1, -0.05) is 13.3 Å². The van der Waals surface area contributed by atoms with Crippen LogP contribution in [0.3, 0.4) is 0 Å². The largest absolute Gasteiger partial charge is 0.398 e. The molecule has 5 heteroatoms. The van der Waals surface area contributed by atoms with Crippen LogP contribution in [0.25, 0.3) is 0 Å². The number of carbonyl (C=O) groups is 1. The minimum absolute atomic E-state index is 0. The first-order chi connectivity index (χ1) is 7.68. The Morgan fingerprint density at radius 1 is 1.53 bits per heavy atom. The third-order valence-electron chi connectivity index (χ3n) is 3.28. The van der Waals surface area contributed by atoms with Crippen molar-refractivity contribution in [2.75, 3.05) is 5.73 Å². The van der Waals surface area contributed by atoms with Gasteiger partial charge in [-0.3, -0.25) is 9.78 Å². The highest BCUT2D eigenvalue weighted by molar-refractivity contribution is 5.98. The van der Waals surface area contributed by atoms with E-state index in [0.29, 0.717) is 17.2 Å². The number of nitrogen functional groups attached to an aromatic ring is 1. The molecule has 2 rings (SSSR count). The molecule has 1 fully saturated rings. The molecule has 1 aliphatic carbocycles. The Hall–Kier alpha value is -1.29. The van der Waals surface area contributed by atoms with Gasteiger partial charge >= 0.3 is 0 Å². The predicted molar refractivity (Wildman–Crippen MR) is 70.2 cm³/mol. The number of rotatable bonds is 2. The molecule has 2 unspecified atom stereocenters. The minimum Gasteiger partial charge on any atom is -0.398 e. The SMILES string of the molecule is CC1CCCC1NC(=O)c1cnccc1N.Cl. The summed E-state index contributed by atoms with van der Waals surface area (Å²) >= 11 is 0. The fraction of sp³-hybridized carbons (Fsp3) is 0.500. The third-order valence-corrected chi connectivity index (χ3v) is 3.28. The molecule has 0 saturated heterocycles. The van der Waals surface area contributed by atoms with E-state index in [2.05, 4.69) is 17.2 Å². The summed E-state index contributed by atoms with van der Waals surface area (Å²) in [4.78, 5) is 15.9. The van der Waals surface area contributed by atoms with Gasteiger partial charge in [0.2, 0.25) is 0 Å². The number of hydrogen-bond donors (Lipinski definition) is 2. The summed E-state index contributed by atoms with van der Waals surface area (Å²) < 4.78 is 0. The van der Waals surface area contributed by atoms with Gasteiger partial charge in [0.1, 0.15) is 0 Å². The van der Waals surface area contributed by atoms with Crippen molar-refractivity contribution in [1.82, 2.24) is 10.3 Å². The fourth-order valence-corrected chi connectivity index (χ4v) is 2.20. The smallest absolute Gasteiger partial charge is 0.255 e. The lowest BCUT2D eigenvalue weighted by molar-refractivity contribution is 0.0930. The standard InChI is InChI=1S/C12H17N3O.ClH/c1-8-3-2-4-11(8)15-12(16)9-7-14-6-5-10(9)13;/h5-8,11H,2-4H2,1H3,(H2,13,14)(H,15,16);1H. The second-order valence-electron chi connectivity index (χ2n) is 4.45. The van der Waals surface area contributed by atoms with E-state index in [1.165, 1.54) is 19.0 Å². The number of pyridine rings is 1. The number of amides is 1. The molecule has 1 aliphatic rings. The first-order valence-electron chi connectivity index (χ1n) is 5.69. The maximum atomic E-state index is 11.9. The van der Waals surface area contributed by atoms with Crippen molar-refractivity contribution in [2.24, 2.45) is 5.92 Å². The average molecular weight is 256 g/mol. The van der Waals surface area contributed by atoms with E-state index in [0.717, 1.165) is 6.42 Å². The molecule has 1 aromatic heterocycles. The minimum atomic E-state index is -0.107. The van der Waals surface area contributed by atoms with Crippen LogP contribution in [0, 0.1) is 5.92 Å². The van der Waals surface area contributed by atoms with Gasteiger partial charge in [-0.05, 0) is 24.8 Å². The fourth-order valence-electron chi connectivity index (χ4n) is 2.20. The Balaban J connectivity index is 0.00000144. The lowest BCUT2D eigenvalue weighted by Crippen LogP contribution is -2.36. The normalized spacial score (nSPS) is 22.9. The van der Waals surface area contributed by atoms with Gasteiger partial charge in [0.25, 0.3) is 5.91 Å². The Kier molecular flexibility index (Phi) is 4.75. The summed E-state index contributed by atoms with van der Waals surface area (Å²) in [7, 11) is 0. The summed E-state index contributed by atoms with van der Waals surface area (Å²) in [5.74, 6) is 0.450. The molecule has 17 heavy (non-hydrogen) atoms. The van der Waals surface area contributed by atoms with Crippen LogP contribution < -0.4 is 11.1 Å². The molecule has 0 radical (unpaired) electrons. The molecule has 2 atom stereocenters. The molecule has 1 amide bonds. The van der Waals surface area contributed by atoms with E-state index in [1.54, 1.807) is 12.3 Å². The quantitative estimate of drug-likeness (QED) is 0.849. The predicted octanol–water partition coefficient (Wildman–Crippen LogP) is 2.00. The number of nitrogens with two attached hydrogens (primary N) is 1. The van der Waals surface area contributed by atoms with Crippen LogP contribution in [0.15, 0.2) is 18.5 Å². The van der Waals surface area contributed by atoms with E-state index in [-0.39, 0.29) is 24.4 Å². The van der Waals surface area contributed by atoms with Crippen molar-refractivity contribution in [3.05, 3.63) is 24.0 Å². The van der Waals surface area contributed by atoms with Crippen LogP contribution in [0.2, 0.25) is 0 Å². The van der Waals surface area contributed by atoms with E-state index >= 15 is 0 Å². The van der Waals surface area contributed by atoms with Crippen molar-refractivity contribution in [1.29, 1.82) is 0 Å². The Labute approximate surface area is 107 Å². The van der Waals surface area contributed by atoms with Crippen LogP contribution in [0.1, 0.15) is 36.5 Å². The number of nitrogens with zero attached hydrogens (tertiary/aromatic N) is 1. The van der Waals surface area contributed by atoms with Crippen LogP contribution in [-0.4, -0.2) is 16.9 Å². The molecule has 94 valence electrons. The number of hydrogen-bond acceptors (Lipinski definition) is 3. The summed E-state index contributed by atoms with van der Waals surface area (Å²) in [5.41, 5.74) is 6.69. The Bertz CT molecular complexity index is 397. The lowest BCUT2D eigenvalue weighted by Gasteiger charge is -2.17. The van der Waals surface area contributed by atoms with Gasteiger partial charge in [-0.15, -0.1) is 12.4 Å². The molecule has 1 heterocycles. The van der Waals surface area contributed by atoms with Gasteiger partial charge in [-0.2, -0.15) is 0 Å². The van der Waals surface area contributed by atoms with Crippen molar-refractivity contribution in [2.45, 2.75) is 32.2 Å². The summed E-state index contributed by atoms with van der Waals surface area (Å²) in [5, 5.41) is 3.03. The van der Waals surface area contributed by atoms with Crippen LogP contribution in [-0.2, 0) is 0 Å². The Morgan fingerprint density at radius 2 is 2.29 bits per heavy atom. The zero-order valence-corrected chi connectivity index (χ0v) is 10.7. The molecule has 1 saturated carbocycles. The highest BCUT2D eigenvalue weighted by atomic mass is 35.5. The second kappa shape index (κ2) is 5.87. The monoisotopic (exact) mass is 255 g/mol. The van der Waals surface area contributed by atoms with Crippen molar-refractivity contribution in [3.63, 3.8) is 0 Å². The van der Waals surface area contributed by atoms with Crippen LogP contribution in [0.5, 0.6) is 0 Å². The van der Waals surface area contributed by atoms with Crippen LogP contribution in [0.4, 0.5) is 5.69 Å². The van der Waals surface area contributed by atoms with Crippen molar-refractivity contribution >= 4 is 24.0 Å². The highest BCUT2D eigenvalue weighted by Gasteiger charge is 2.25. The summed E-state index contributed by atoms with van der Waals surface area (Å²) in [6.07, 6.45) is 6.55. The maximum Gasteiger partial charge on any atom is 0.255 e. The van der Waals surface area contributed by atoms with Gasteiger partial charge in [0.05, 0.1) is 5.56 Å². The van der Waals surface area contributed by atoms with Gasteiger partial charge < -0.3 is 11.1 Å². The first-order valence-corrected chi connectivity index (χ1v) is 5.69. The summed E-state index contributed by atoms with van der Waals surface area (Å²) in [6, 6.07) is 1.93. The zero-order chi connectivity index (χ0) is 11.5. The number of halogens is 1.